The zero-order valence-corrected chi connectivity index (χ0v) is 17.2. The molecule has 1 aromatic heterocycles. The molecule has 1 aromatic carbocycles. The van der Waals surface area contributed by atoms with Crippen molar-refractivity contribution >= 4 is 34.9 Å². The van der Waals surface area contributed by atoms with Crippen LogP contribution in [-0.2, 0) is 9.59 Å². The molecule has 8 nitrogen and oxygen atoms in total. The van der Waals surface area contributed by atoms with E-state index in [0.717, 1.165) is 19.4 Å². The maximum Gasteiger partial charge on any atom is 0.231 e. The first-order valence-electron chi connectivity index (χ1n) is 9.91. The summed E-state index contributed by atoms with van der Waals surface area (Å²) >= 11 is 5.83. The van der Waals surface area contributed by atoms with Crippen molar-refractivity contribution in [2.24, 2.45) is 5.92 Å². The molecule has 0 radical (unpaired) electrons. The van der Waals surface area contributed by atoms with E-state index in [9.17, 15) is 9.59 Å². The van der Waals surface area contributed by atoms with Gasteiger partial charge < -0.3 is 25.0 Å². The molecule has 1 unspecified atom stereocenters. The van der Waals surface area contributed by atoms with Gasteiger partial charge in [-0.05, 0) is 43.7 Å². The van der Waals surface area contributed by atoms with Crippen LogP contribution in [-0.4, -0.2) is 48.1 Å². The SMILES string of the molecule is O=C(CCN1CCCC(C(=O)Nc2ccc(Cl)cn2)C1)Nc1ccc2c(c1)OCO2. The first kappa shape index (κ1) is 20.4. The second kappa shape index (κ2) is 9.32. The highest BCUT2D eigenvalue weighted by molar-refractivity contribution is 6.30. The third kappa shape index (κ3) is 5.20. The quantitative estimate of drug-likeness (QED) is 0.731. The molecule has 0 saturated carbocycles. The number of anilines is 2. The molecule has 1 saturated heterocycles. The largest absolute Gasteiger partial charge is 0.454 e. The van der Waals surface area contributed by atoms with Crippen molar-refractivity contribution in [3.63, 3.8) is 0 Å². The van der Waals surface area contributed by atoms with Gasteiger partial charge in [-0.1, -0.05) is 11.6 Å². The minimum atomic E-state index is -0.131. The number of ether oxygens (including phenoxy) is 2. The third-order valence-electron chi connectivity index (χ3n) is 5.17. The van der Waals surface area contributed by atoms with Gasteiger partial charge in [0.2, 0.25) is 18.6 Å². The Balaban J connectivity index is 1.24. The molecule has 4 rings (SSSR count). The van der Waals surface area contributed by atoms with Crippen LogP contribution in [0.1, 0.15) is 19.3 Å². The zero-order valence-electron chi connectivity index (χ0n) is 16.4. The molecule has 1 atom stereocenters. The summed E-state index contributed by atoms with van der Waals surface area (Å²) in [6.07, 6.45) is 3.58. The van der Waals surface area contributed by atoms with Gasteiger partial charge in [-0.2, -0.15) is 0 Å². The van der Waals surface area contributed by atoms with Crippen LogP contribution in [0.3, 0.4) is 0 Å². The van der Waals surface area contributed by atoms with Crippen molar-refractivity contribution in [3.05, 3.63) is 41.6 Å². The number of carbonyl (C=O) groups is 2. The van der Waals surface area contributed by atoms with Crippen LogP contribution < -0.4 is 20.1 Å². The highest BCUT2D eigenvalue weighted by Gasteiger charge is 2.26. The molecule has 158 valence electrons. The predicted octanol–water partition coefficient (Wildman–Crippen LogP) is 3.14. The van der Waals surface area contributed by atoms with E-state index in [4.69, 9.17) is 21.1 Å². The number of likely N-dealkylation sites (tertiary alicyclic amines) is 1. The molecular weight excluding hydrogens is 408 g/mol. The van der Waals surface area contributed by atoms with E-state index in [-0.39, 0.29) is 24.5 Å². The Kier molecular flexibility index (Phi) is 6.35. The number of benzene rings is 1. The van der Waals surface area contributed by atoms with Crippen LogP contribution in [0.4, 0.5) is 11.5 Å². The summed E-state index contributed by atoms with van der Waals surface area (Å²) in [7, 11) is 0. The second-order valence-electron chi connectivity index (χ2n) is 7.36. The minimum absolute atomic E-state index is 0.0562. The van der Waals surface area contributed by atoms with Crippen LogP contribution in [0, 0.1) is 5.92 Å². The monoisotopic (exact) mass is 430 g/mol. The average Bonchev–Trinajstić information content (AvgIpc) is 3.22. The Bertz CT molecular complexity index is 922. The number of piperidine rings is 1. The molecule has 30 heavy (non-hydrogen) atoms. The number of rotatable bonds is 6. The summed E-state index contributed by atoms with van der Waals surface area (Å²) in [6.45, 7) is 2.29. The summed E-state index contributed by atoms with van der Waals surface area (Å²) < 4.78 is 10.6. The van der Waals surface area contributed by atoms with E-state index >= 15 is 0 Å². The molecule has 0 bridgehead atoms. The molecule has 1 fully saturated rings. The molecular formula is C21H23ClN4O4. The van der Waals surface area contributed by atoms with Crippen LogP contribution in [0.2, 0.25) is 5.02 Å². The lowest BCUT2D eigenvalue weighted by molar-refractivity contribution is -0.121. The molecule has 2 amide bonds. The number of halogens is 1. The smallest absolute Gasteiger partial charge is 0.231 e. The normalized spacial score (nSPS) is 18.1. The summed E-state index contributed by atoms with van der Waals surface area (Å²) in [5.74, 6) is 1.54. The summed E-state index contributed by atoms with van der Waals surface area (Å²) in [5.41, 5.74) is 0.676. The number of fused-ring (bicyclic) bond motifs is 1. The molecule has 2 aliphatic rings. The van der Waals surface area contributed by atoms with E-state index in [2.05, 4.69) is 20.5 Å². The van der Waals surface area contributed by atoms with Crippen molar-refractivity contribution in [1.82, 2.24) is 9.88 Å². The Morgan fingerprint density at radius 2 is 2.03 bits per heavy atom. The number of aromatic nitrogens is 1. The summed E-state index contributed by atoms with van der Waals surface area (Å²) in [6, 6.07) is 8.70. The summed E-state index contributed by atoms with van der Waals surface area (Å²) in [5, 5.41) is 6.25. The number of pyridine rings is 1. The van der Waals surface area contributed by atoms with Crippen LogP contribution in [0.15, 0.2) is 36.5 Å². The highest BCUT2D eigenvalue weighted by atomic mass is 35.5. The van der Waals surface area contributed by atoms with Crippen molar-refractivity contribution in [2.75, 3.05) is 37.1 Å². The van der Waals surface area contributed by atoms with Crippen molar-refractivity contribution in [1.29, 1.82) is 0 Å². The van der Waals surface area contributed by atoms with Gasteiger partial charge >= 0.3 is 0 Å². The van der Waals surface area contributed by atoms with E-state index in [0.29, 0.717) is 47.5 Å². The third-order valence-corrected chi connectivity index (χ3v) is 5.39. The van der Waals surface area contributed by atoms with E-state index in [1.54, 1.807) is 30.3 Å². The fraction of sp³-hybridized carbons (Fsp3) is 0.381. The van der Waals surface area contributed by atoms with Crippen molar-refractivity contribution in [2.45, 2.75) is 19.3 Å². The zero-order chi connectivity index (χ0) is 20.9. The molecule has 2 aliphatic heterocycles. The molecule has 2 N–H and O–H groups in total. The van der Waals surface area contributed by atoms with Gasteiger partial charge in [-0.25, -0.2) is 4.98 Å². The maximum atomic E-state index is 12.6. The second-order valence-corrected chi connectivity index (χ2v) is 7.79. The summed E-state index contributed by atoms with van der Waals surface area (Å²) in [4.78, 5) is 31.2. The van der Waals surface area contributed by atoms with Crippen molar-refractivity contribution < 1.29 is 19.1 Å². The Hall–Kier alpha value is -2.84. The lowest BCUT2D eigenvalue weighted by Gasteiger charge is -2.31. The van der Waals surface area contributed by atoms with E-state index in [1.165, 1.54) is 6.20 Å². The van der Waals surface area contributed by atoms with Gasteiger partial charge in [0.05, 0.1) is 10.9 Å². The molecule has 0 aliphatic carbocycles. The van der Waals surface area contributed by atoms with Gasteiger partial charge in [0, 0.05) is 37.5 Å². The van der Waals surface area contributed by atoms with E-state index in [1.807, 2.05) is 0 Å². The first-order valence-corrected chi connectivity index (χ1v) is 10.3. The first-order chi connectivity index (χ1) is 14.6. The number of nitrogens with zero attached hydrogens (tertiary/aromatic N) is 2. The predicted molar refractivity (Wildman–Crippen MR) is 113 cm³/mol. The lowest BCUT2D eigenvalue weighted by Crippen LogP contribution is -2.41. The number of carbonyl (C=O) groups excluding carboxylic acids is 2. The number of hydrogen-bond donors (Lipinski definition) is 2. The van der Waals surface area contributed by atoms with E-state index < -0.39 is 0 Å². The molecule has 3 heterocycles. The fourth-order valence-electron chi connectivity index (χ4n) is 3.61. The number of nitrogens with one attached hydrogen (secondary N) is 2. The fourth-order valence-corrected chi connectivity index (χ4v) is 3.72. The molecule has 9 heteroatoms. The standard InChI is InChI=1S/C21H23ClN4O4/c22-15-3-6-19(23-11-15)25-21(28)14-2-1-8-26(12-14)9-7-20(27)24-16-4-5-17-18(10-16)30-13-29-17/h3-6,10-11,14H,1-2,7-9,12-13H2,(H,24,27)(H,23,25,28). The van der Waals surface area contributed by atoms with Crippen LogP contribution in [0.5, 0.6) is 11.5 Å². The average molecular weight is 431 g/mol. The maximum absolute atomic E-state index is 12.6. The molecule has 0 spiro atoms. The number of hydrogen-bond acceptors (Lipinski definition) is 6. The van der Waals surface area contributed by atoms with Crippen molar-refractivity contribution in [3.8, 4) is 11.5 Å². The Morgan fingerprint density at radius 1 is 1.17 bits per heavy atom. The number of amides is 2. The Morgan fingerprint density at radius 3 is 2.87 bits per heavy atom. The topological polar surface area (TPSA) is 92.8 Å². The van der Waals surface area contributed by atoms with Gasteiger partial charge in [0.25, 0.3) is 0 Å². The van der Waals surface area contributed by atoms with Crippen LogP contribution in [0.25, 0.3) is 0 Å². The van der Waals surface area contributed by atoms with Gasteiger partial charge in [0.15, 0.2) is 11.5 Å². The van der Waals surface area contributed by atoms with Crippen LogP contribution >= 0.6 is 11.6 Å². The van der Waals surface area contributed by atoms with Gasteiger partial charge in [-0.3, -0.25) is 9.59 Å². The highest BCUT2D eigenvalue weighted by Crippen LogP contribution is 2.34. The Labute approximate surface area is 179 Å². The molecule has 2 aromatic rings. The van der Waals surface area contributed by atoms with Gasteiger partial charge in [0.1, 0.15) is 5.82 Å². The minimum Gasteiger partial charge on any atom is -0.454 e. The lowest BCUT2D eigenvalue weighted by atomic mass is 9.97. The van der Waals surface area contributed by atoms with Gasteiger partial charge in [-0.15, -0.1) is 0 Å².